The molecule has 0 aromatic carbocycles. The number of halogens is 1. The number of nitrogens with zero attached hydrogens (tertiary/aromatic N) is 1. The SMILES string of the molecule is C#CCCCNC(=O)c1cc(Br)cn1C(C)C. The molecule has 3 nitrogen and oxygen atoms in total. The summed E-state index contributed by atoms with van der Waals surface area (Å²) in [6.45, 7) is 4.70. The molecule has 0 spiro atoms. The summed E-state index contributed by atoms with van der Waals surface area (Å²) in [6, 6.07) is 2.09. The van der Waals surface area contributed by atoms with Gasteiger partial charge >= 0.3 is 0 Å². The van der Waals surface area contributed by atoms with Crippen LogP contribution in [0.3, 0.4) is 0 Å². The number of amides is 1. The van der Waals surface area contributed by atoms with Gasteiger partial charge < -0.3 is 9.88 Å². The van der Waals surface area contributed by atoms with Crippen molar-refractivity contribution >= 4 is 21.8 Å². The molecule has 0 saturated heterocycles. The van der Waals surface area contributed by atoms with E-state index in [1.54, 1.807) is 0 Å². The summed E-state index contributed by atoms with van der Waals surface area (Å²) >= 11 is 3.39. The molecule has 0 saturated carbocycles. The summed E-state index contributed by atoms with van der Waals surface area (Å²) < 4.78 is 2.86. The lowest BCUT2D eigenvalue weighted by atomic mass is 10.3. The Morgan fingerprint density at radius 2 is 2.35 bits per heavy atom. The van der Waals surface area contributed by atoms with Crippen LogP contribution in [0, 0.1) is 12.3 Å². The molecule has 0 bridgehead atoms. The van der Waals surface area contributed by atoms with E-state index in [-0.39, 0.29) is 11.9 Å². The molecule has 0 aliphatic rings. The standard InChI is InChI=1S/C13H17BrN2O/c1-4-5-6-7-15-13(17)12-8-11(14)9-16(12)10(2)3/h1,8-10H,5-7H2,2-3H3,(H,15,17). The lowest BCUT2D eigenvalue weighted by Gasteiger charge is -2.12. The molecule has 1 aromatic rings. The van der Waals surface area contributed by atoms with Gasteiger partial charge in [0.15, 0.2) is 0 Å². The minimum atomic E-state index is -0.0542. The lowest BCUT2D eigenvalue weighted by molar-refractivity contribution is 0.0942. The molecule has 1 aromatic heterocycles. The number of terminal acetylenes is 1. The maximum atomic E-state index is 11.9. The van der Waals surface area contributed by atoms with Crippen molar-refractivity contribution in [1.82, 2.24) is 9.88 Å². The van der Waals surface area contributed by atoms with E-state index in [2.05, 4.69) is 27.2 Å². The van der Waals surface area contributed by atoms with Gasteiger partial charge in [-0.15, -0.1) is 12.3 Å². The number of carbonyl (C=O) groups is 1. The van der Waals surface area contributed by atoms with Crippen LogP contribution in [0.15, 0.2) is 16.7 Å². The van der Waals surface area contributed by atoms with Crippen LogP contribution >= 0.6 is 15.9 Å². The Kier molecular flexibility index (Phi) is 5.30. The number of hydrogen-bond acceptors (Lipinski definition) is 1. The van der Waals surface area contributed by atoms with Crippen molar-refractivity contribution in [3.8, 4) is 12.3 Å². The van der Waals surface area contributed by atoms with Crippen molar-refractivity contribution < 1.29 is 4.79 Å². The molecular formula is C13H17BrN2O. The van der Waals surface area contributed by atoms with Crippen LogP contribution < -0.4 is 5.32 Å². The second kappa shape index (κ2) is 6.51. The molecule has 0 fully saturated rings. The van der Waals surface area contributed by atoms with E-state index in [9.17, 15) is 4.79 Å². The van der Waals surface area contributed by atoms with E-state index in [0.717, 1.165) is 10.9 Å². The zero-order chi connectivity index (χ0) is 12.8. The zero-order valence-corrected chi connectivity index (χ0v) is 11.8. The van der Waals surface area contributed by atoms with Crippen molar-refractivity contribution in [2.45, 2.75) is 32.7 Å². The largest absolute Gasteiger partial charge is 0.351 e. The minimum Gasteiger partial charge on any atom is -0.351 e. The minimum absolute atomic E-state index is 0.0542. The van der Waals surface area contributed by atoms with Crippen molar-refractivity contribution in [3.63, 3.8) is 0 Å². The second-order valence-electron chi connectivity index (χ2n) is 4.11. The average Bonchev–Trinajstić information content (AvgIpc) is 2.66. The number of nitrogens with one attached hydrogen (secondary N) is 1. The molecular weight excluding hydrogens is 280 g/mol. The third-order valence-electron chi connectivity index (χ3n) is 2.39. The molecule has 0 aliphatic heterocycles. The number of carbonyl (C=O) groups excluding carboxylic acids is 1. The van der Waals surface area contributed by atoms with Crippen LogP contribution in [0.1, 0.15) is 43.2 Å². The van der Waals surface area contributed by atoms with Gasteiger partial charge in [0.2, 0.25) is 0 Å². The highest BCUT2D eigenvalue weighted by molar-refractivity contribution is 9.10. The first kappa shape index (κ1) is 13.9. The van der Waals surface area contributed by atoms with Crippen molar-refractivity contribution in [3.05, 3.63) is 22.4 Å². The maximum Gasteiger partial charge on any atom is 0.267 e. The van der Waals surface area contributed by atoms with Crippen molar-refractivity contribution in [2.75, 3.05) is 6.54 Å². The first-order chi connectivity index (χ1) is 8.06. The molecule has 0 radical (unpaired) electrons. The van der Waals surface area contributed by atoms with E-state index < -0.39 is 0 Å². The van der Waals surface area contributed by atoms with E-state index in [0.29, 0.717) is 18.7 Å². The van der Waals surface area contributed by atoms with Crippen LogP contribution in [-0.2, 0) is 0 Å². The maximum absolute atomic E-state index is 11.9. The van der Waals surface area contributed by atoms with E-state index in [4.69, 9.17) is 6.42 Å². The first-order valence-electron chi connectivity index (χ1n) is 5.65. The van der Waals surface area contributed by atoms with Crippen molar-refractivity contribution in [1.29, 1.82) is 0 Å². The van der Waals surface area contributed by atoms with Crippen LogP contribution in [0.4, 0.5) is 0 Å². The monoisotopic (exact) mass is 296 g/mol. The van der Waals surface area contributed by atoms with Crippen LogP contribution in [-0.4, -0.2) is 17.0 Å². The van der Waals surface area contributed by atoms with E-state index in [1.165, 1.54) is 0 Å². The van der Waals surface area contributed by atoms with E-state index >= 15 is 0 Å². The average molecular weight is 297 g/mol. The number of unbranched alkanes of at least 4 members (excludes halogenated alkanes) is 1. The Balaban J connectivity index is 2.65. The normalized spacial score (nSPS) is 10.3. The summed E-state index contributed by atoms with van der Waals surface area (Å²) in [4.78, 5) is 11.9. The van der Waals surface area contributed by atoms with Gasteiger partial charge in [-0.25, -0.2) is 0 Å². The van der Waals surface area contributed by atoms with Gasteiger partial charge in [0.1, 0.15) is 5.69 Å². The quantitative estimate of drug-likeness (QED) is 0.658. The highest BCUT2D eigenvalue weighted by Crippen LogP contribution is 2.19. The number of aromatic nitrogens is 1. The summed E-state index contributed by atoms with van der Waals surface area (Å²) in [6.07, 6.45) is 8.57. The molecule has 1 rings (SSSR count). The molecule has 0 aliphatic carbocycles. The zero-order valence-electron chi connectivity index (χ0n) is 10.2. The first-order valence-corrected chi connectivity index (χ1v) is 6.44. The van der Waals surface area contributed by atoms with Gasteiger partial charge in [0.25, 0.3) is 5.91 Å². The molecule has 1 amide bonds. The Morgan fingerprint density at radius 3 is 2.94 bits per heavy atom. The Morgan fingerprint density at radius 1 is 1.65 bits per heavy atom. The van der Waals surface area contributed by atoms with Gasteiger partial charge in [0.05, 0.1) is 0 Å². The van der Waals surface area contributed by atoms with Crippen LogP contribution in [0.2, 0.25) is 0 Å². The number of rotatable bonds is 5. The van der Waals surface area contributed by atoms with Gasteiger partial charge in [-0.1, -0.05) is 0 Å². The molecule has 1 heterocycles. The van der Waals surface area contributed by atoms with Gasteiger partial charge in [-0.3, -0.25) is 4.79 Å². The highest BCUT2D eigenvalue weighted by atomic mass is 79.9. The topological polar surface area (TPSA) is 34.0 Å². The smallest absolute Gasteiger partial charge is 0.267 e. The second-order valence-corrected chi connectivity index (χ2v) is 5.02. The Bertz CT molecular complexity index is 429. The summed E-state index contributed by atoms with van der Waals surface area (Å²) in [5, 5.41) is 2.87. The summed E-state index contributed by atoms with van der Waals surface area (Å²) in [7, 11) is 0. The molecule has 92 valence electrons. The Hall–Kier alpha value is -1.21. The summed E-state index contributed by atoms with van der Waals surface area (Å²) in [5.74, 6) is 2.50. The van der Waals surface area contributed by atoms with Crippen molar-refractivity contribution in [2.24, 2.45) is 0 Å². The molecule has 1 N–H and O–H groups in total. The predicted molar refractivity (Wildman–Crippen MR) is 72.9 cm³/mol. The molecule has 17 heavy (non-hydrogen) atoms. The van der Waals surface area contributed by atoms with Crippen LogP contribution in [0.5, 0.6) is 0 Å². The lowest BCUT2D eigenvalue weighted by Crippen LogP contribution is -2.27. The van der Waals surface area contributed by atoms with Gasteiger partial charge in [0, 0.05) is 29.7 Å². The molecule has 4 heteroatoms. The highest BCUT2D eigenvalue weighted by Gasteiger charge is 2.14. The fourth-order valence-electron chi connectivity index (χ4n) is 1.54. The van der Waals surface area contributed by atoms with E-state index in [1.807, 2.05) is 30.7 Å². The molecule has 0 unspecified atom stereocenters. The third kappa shape index (κ3) is 3.94. The van der Waals surface area contributed by atoms with Gasteiger partial charge in [-0.2, -0.15) is 0 Å². The fourth-order valence-corrected chi connectivity index (χ4v) is 1.98. The number of hydrogen-bond donors (Lipinski definition) is 1. The molecule has 0 atom stereocenters. The fraction of sp³-hybridized carbons (Fsp3) is 0.462. The summed E-state index contributed by atoms with van der Waals surface area (Å²) in [5.41, 5.74) is 0.674. The third-order valence-corrected chi connectivity index (χ3v) is 2.82. The predicted octanol–water partition coefficient (Wildman–Crippen LogP) is 2.97. The van der Waals surface area contributed by atoms with Crippen LogP contribution in [0.25, 0.3) is 0 Å². The Labute approximate surface area is 111 Å². The van der Waals surface area contributed by atoms with Gasteiger partial charge in [-0.05, 0) is 42.3 Å².